The zero-order chi connectivity index (χ0) is 11.7. The highest BCUT2D eigenvalue weighted by atomic mass is 79.9. The number of hydrogen-bond donors (Lipinski definition) is 1. The molecule has 0 bridgehead atoms. The number of rotatable bonds is 2. The molecule has 1 rings (SSSR count). The summed E-state index contributed by atoms with van der Waals surface area (Å²) in [7, 11) is -3.47. The van der Waals surface area contributed by atoms with Gasteiger partial charge < -0.3 is 0 Å². The predicted octanol–water partition coefficient (Wildman–Crippen LogP) is 1.92. The molecule has 0 saturated carbocycles. The maximum atomic E-state index is 11.8. The lowest BCUT2D eigenvalue weighted by Gasteiger charge is -2.20. The zero-order valence-corrected chi connectivity index (χ0v) is 11.2. The molecule has 0 aromatic carbocycles. The topological polar surface area (TPSA) is 59.1 Å². The normalized spacial score (nSPS) is 12.8. The summed E-state index contributed by atoms with van der Waals surface area (Å²) in [4.78, 5) is 4.04. The van der Waals surface area contributed by atoms with Crippen LogP contribution < -0.4 is 4.72 Å². The molecule has 0 aliphatic rings. The molecule has 0 unspecified atom stereocenters. The minimum Gasteiger partial charge on any atom is -0.248 e. The number of hydrogen-bond acceptors (Lipinski definition) is 3. The summed E-state index contributed by atoms with van der Waals surface area (Å²) in [6.07, 6.45) is 1.32. The number of nitrogens with one attached hydrogen (secondary N) is 1. The first-order chi connectivity index (χ1) is 6.71. The van der Waals surface area contributed by atoms with Crippen molar-refractivity contribution in [1.82, 2.24) is 9.71 Å². The van der Waals surface area contributed by atoms with Gasteiger partial charge in [0.1, 0.15) is 9.50 Å². The fourth-order valence-corrected chi connectivity index (χ4v) is 2.58. The third kappa shape index (κ3) is 3.89. The lowest BCUT2D eigenvalue weighted by atomic mass is 10.1. The Labute approximate surface area is 98.3 Å². The van der Waals surface area contributed by atoms with Gasteiger partial charge in [-0.15, -0.1) is 0 Å². The van der Waals surface area contributed by atoms with Gasteiger partial charge in [0.05, 0.1) is 0 Å². The summed E-state index contributed by atoms with van der Waals surface area (Å²) in [6, 6.07) is 3.10. The number of halogens is 1. The van der Waals surface area contributed by atoms with Crippen molar-refractivity contribution in [1.29, 1.82) is 0 Å². The quantitative estimate of drug-likeness (QED) is 0.848. The molecule has 0 radical (unpaired) electrons. The van der Waals surface area contributed by atoms with Crippen molar-refractivity contribution in [3.8, 4) is 0 Å². The standard InChI is InChI=1S/C9H13BrN2O2S/c1-9(2,3)12-15(13,14)7-4-5-8(10)11-6-7/h4-6,12H,1-3H3. The molecule has 15 heavy (non-hydrogen) atoms. The molecule has 6 heteroatoms. The van der Waals surface area contributed by atoms with Crippen molar-refractivity contribution in [2.45, 2.75) is 31.2 Å². The first-order valence-electron chi connectivity index (χ1n) is 4.36. The average molecular weight is 293 g/mol. The second-order valence-corrected chi connectivity index (χ2v) is 6.67. The molecule has 1 aromatic rings. The average Bonchev–Trinajstić information content (AvgIpc) is 2.00. The third-order valence-electron chi connectivity index (χ3n) is 1.45. The van der Waals surface area contributed by atoms with Crippen LogP contribution >= 0.6 is 15.9 Å². The predicted molar refractivity (Wildman–Crippen MR) is 62.0 cm³/mol. The van der Waals surface area contributed by atoms with Crippen molar-refractivity contribution in [3.63, 3.8) is 0 Å². The molecule has 0 spiro atoms. The van der Waals surface area contributed by atoms with Crippen molar-refractivity contribution in [2.24, 2.45) is 0 Å². The molecular weight excluding hydrogens is 280 g/mol. The van der Waals surface area contributed by atoms with Crippen molar-refractivity contribution < 1.29 is 8.42 Å². The van der Waals surface area contributed by atoms with Crippen LogP contribution in [0.3, 0.4) is 0 Å². The van der Waals surface area contributed by atoms with E-state index in [4.69, 9.17) is 0 Å². The Balaban J connectivity index is 3.02. The van der Waals surface area contributed by atoms with E-state index in [1.54, 1.807) is 26.8 Å². The van der Waals surface area contributed by atoms with Gasteiger partial charge in [0, 0.05) is 11.7 Å². The smallest absolute Gasteiger partial charge is 0.242 e. The van der Waals surface area contributed by atoms with Crippen molar-refractivity contribution >= 4 is 26.0 Å². The first kappa shape index (κ1) is 12.6. The Morgan fingerprint density at radius 1 is 1.33 bits per heavy atom. The highest BCUT2D eigenvalue weighted by molar-refractivity contribution is 9.10. The molecule has 1 heterocycles. The van der Waals surface area contributed by atoms with Crippen LogP contribution in [0.5, 0.6) is 0 Å². The Hall–Kier alpha value is -0.460. The molecule has 84 valence electrons. The summed E-state index contributed by atoms with van der Waals surface area (Å²) < 4.78 is 26.7. The van der Waals surface area contributed by atoms with Crippen LogP contribution in [-0.2, 0) is 10.0 Å². The van der Waals surface area contributed by atoms with Crippen molar-refractivity contribution in [2.75, 3.05) is 0 Å². The van der Waals surface area contributed by atoms with Gasteiger partial charge in [0.25, 0.3) is 0 Å². The lowest BCUT2D eigenvalue weighted by molar-refractivity contribution is 0.491. The second-order valence-electron chi connectivity index (χ2n) is 4.17. The van der Waals surface area contributed by atoms with Gasteiger partial charge in [-0.3, -0.25) is 0 Å². The fraction of sp³-hybridized carbons (Fsp3) is 0.444. The first-order valence-corrected chi connectivity index (χ1v) is 6.64. The Kier molecular flexibility index (Phi) is 3.52. The maximum Gasteiger partial charge on any atom is 0.242 e. The van der Waals surface area contributed by atoms with E-state index in [1.165, 1.54) is 12.3 Å². The van der Waals surface area contributed by atoms with Crippen LogP contribution in [0, 0.1) is 0 Å². The summed E-state index contributed by atoms with van der Waals surface area (Å²) in [5.74, 6) is 0. The molecule has 0 aliphatic heterocycles. The molecule has 0 saturated heterocycles. The lowest BCUT2D eigenvalue weighted by Crippen LogP contribution is -2.40. The fourth-order valence-electron chi connectivity index (χ4n) is 0.983. The van der Waals surface area contributed by atoms with Crippen LogP contribution in [0.1, 0.15) is 20.8 Å². The largest absolute Gasteiger partial charge is 0.248 e. The van der Waals surface area contributed by atoms with Crippen LogP contribution in [-0.4, -0.2) is 18.9 Å². The van der Waals surface area contributed by atoms with E-state index in [-0.39, 0.29) is 4.90 Å². The summed E-state index contributed by atoms with van der Waals surface area (Å²) >= 11 is 3.15. The molecule has 4 nitrogen and oxygen atoms in total. The summed E-state index contributed by atoms with van der Waals surface area (Å²) in [5, 5.41) is 0. The van der Waals surface area contributed by atoms with Gasteiger partial charge in [-0.25, -0.2) is 18.1 Å². The van der Waals surface area contributed by atoms with E-state index in [0.717, 1.165) is 0 Å². The van der Waals surface area contributed by atoms with Crippen molar-refractivity contribution in [3.05, 3.63) is 22.9 Å². The van der Waals surface area contributed by atoms with E-state index >= 15 is 0 Å². The Morgan fingerprint density at radius 2 is 1.93 bits per heavy atom. The number of sulfonamides is 1. The van der Waals surface area contributed by atoms with Gasteiger partial charge in [-0.1, -0.05) is 0 Å². The second kappa shape index (κ2) is 4.19. The molecule has 0 atom stereocenters. The van der Waals surface area contributed by atoms with Gasteiger partial charge >= 0.3 is 0 Å². The number of aromatic nitrogens is 1. The number of nitrogens with zero attached hydrogens (tertiary/aromatic N) is 1. The maximum absolute atomic E-state index is 11.8. The zero-order valence-electron chi connectivity index (χ0n) is 8.78. The van der Waals surface area contributed by atoms with Crippen LogP contribution in [0.25, 0.3) is 0 Å². The minimum atomic E-state index is -3.47. The summed E-state index contributed by atoms with van der Waals surface area (Å²) in [5.41, 5.74) is -0.494. The van der Waals surface area contributed by atoms with Gasteiger partial charge in [0.15, 0.2) is 0 Å². The van der Waals surface area contributed by atoms with E-state index in [2.05, 4.69) is 25.6 Å². The van der Waals surface area contributed by atoms with E-state index < -0.39 is 15.6 Å². The highest BCUT2D eigenvalue weighted by Crippen LogP contribution is 2.13. The SMILES string of the molecule is CC(C)(C)NS(=O)(=O)c1ccc(Br)nc1. The monoisotopic (exact) mass is 292 g/mol. The summed E-state index contributed by atoms with van der Waals surface area (Å²) in [6.45, 7) is 5.37. The number of pyridine rings is 1. The Morgan fingerprint density at radius 3 is 2.33 bits per heavy atom. The van der Waals surface area contributed by atoms with E-state index in [0.29, 0.717) is 4.60 Å². The molecule has 0 aliphatic carbocycles. The van der Waals surface area contributed by atoms with E-state index in [9.17, 15) is 8.42 Å². The Bertz CT molecular complexity index is 434. The molecule has 1 aromatic heterocycles. The van der Waals surface area contributed by atoms with Crippen LogP contribution in [0.4, 0.5) is 0 Å². The van der Waals surface area contributed by atoms with Gasteiger partial charge in [-0.05, 0) is 48.8 Å². The third-order valence-corrected chi connectivity index (χ3v) is 3.66. The minimum absolute atomic E-state index is 0.167. The molecule has 0 fully saturated rings. The highest BCUT2D eigenvalue weighted by Gasteiger charge is 2.21. The van der Waals surface area contributed by atoms with Crippen LogP contribution in [0.15, 0.2) is 27.8 Å². The molecule has 0 amide bonds. The van der Waals surface area contributed by atoms with Gasteiger partial charge in [0.2, 0.25) is 10.0 Å². The molecule has 1 N–H and O–H groups in total. The molecular formula is C9H13BrN2O2S. The van der Waals surface area contributed by atoms with Gasteiger partial charge in [-0.2, -0.15) is 0 Å². The van der Waals surface area contributed by atoms with E-state index in [1.807, 2.05) is 0 Å². The van der Waals surface area contributed by atoms with Crippen LogP contribution in [0.2, 0.25) is 0 Å².